The average Bonchev–Trinajstić information content (AvgIpc) is 2.47. The summed E-state index contributed by atoms with van der Waals surface area (Å²) < 4.78 is 22.0. The minimum atomic E-state index is -0.803. The van der Waals surface area contributed by atoms with Gasteiger partial charge >= 0.3 is 0 Å². The Morgan fingerprint density at radius 1 is 1.25 bits per heavy atom. The normalized spacial score (nSPS) is 15.4. The molecule has 0 aliphatic rings. The van der Waals surface area contributed by atoms with Gasteiger partial charge in [-0.05, 0) is 31.0 Å². The van der Waals surface area contributed by atoms with Crippen molar-refractivity contribution in [2.24, 2.45) is 0 Å². The molecule has 1 aromatic rings. The van der Waals surface area contributed by atoms with E-state index in [1.54, 1.807) is 20.5 Å². The maximum absolute atomic E-state index is 11.4. The highest BCUT2D eigenvalue weighted by Crippen LogP contribution is 2.30. The molecule has 5 heteroatoms. The van der Waals surface area contributed by atoms with E-state index < -0.39 is 10.8 Å². The van der Waals surface area contributed by atoms with Gasteiger partial charge < -0.3 is 14.8 Å². The van der Waals surface area contributed by atoms with Crippen molar-refractivity contribution in [1.29, 1.82) is 0 Å². The van der Waals surface area contributed by atoms with Crippen LogP contribution in [0.3, 0.4) is 0 Å². The fourth-order valence-electron chi connectivity index (χ4n) is 1.99. The first-order valence-corrected chi connectivity index (χ1v) is 8.43. The summed E-state index contributed by atoms with van der Waals surface area (Å²) in [7, 11) is 2.46. The zero-order valence-corrected chi connectivity index (χ0v) is 13.8. The molecule has 0 bridgehead atoms. The Kier molecular flexibility index (Phi) is 7.02. The summed E-state index contributed by atoms with van der Waals surface area (Å²) in [5.74, 6) is 1.46. The molecule has 1 rings (SSSR count). The summed E-state index contributed by atoms with van der Waals surface area (Å²) in [4.78, 5) is 0. The van der Waals surface area contributed by atoms with E-state index in [0.717, 1.165) is 30.0 Å². The lowest BCUT2D eigenvalue weighted by Gasteiger charge is -2.20. The highest BCUT2D eigenvalue weighted by atomic mass is 32.2. The van der Waals surface area contributed by atoms with E-state index in [2.05, 4.69) is 12.2 Å². The molecule has 1 N–H and O–H groups in total. The maximum atomic E-state index is 11.4. The molecule has 3 unspecified atom stereocenters. The Morgan fingerprint density at radius 3 is 2.40 bits per heavy atom. The molecule has 114 valence electrons. The van der Waals surface area contributed by atoms with Crippen molar-refractivity contribution in [1.82, 2.24) is 5.32 Å². The topological polar surface area (TPSA) is 47.6 Å². The number of methoxy groups -OCH3 is 2. The van der Waals surface area contributed by atoms with Gasteiger partial charge in [0, 0.05) is 34.9 Å². The number of rotatable bonds is 8. The van der Waals surface area contributed by atoms with Crippen LogP contribution in [-0.4, -0.2) is 36.5 Å². The van der Waals surface area contributed by atoms with E-state index in [9.17, 15) is 4.21 Å². The van der Waals surface area contributed by atoms with Crippen molar-refractivity contribution < 1.29 is 13.7 Å². The highest BCUT2D eigenvalue weighted by Gasteiger charge is 2.14. The molecule has 0 amide bonds. The van der Waals surface area contributed by atoms with Crippen LogP contribution < -0.4 is 14.8 Å². The van der Waals surface area contributed by atoms with E-state index in [-0.39, 0.29) is 11.3 Å². The highest BCUT2D eigenvalue weighted by molar-refractivity contribution is 7.84. The lowest BCUT2D eigenvalue weighted by Crippen LogP contribution is -2.30. The van der Waals surface area contributed by atoms with E-state index in [4.69, 9.17) is 9.47 Å². The summed E-state index contributed by atoms with van der Waals surface area (Å²) in [5, 5.41) is 3.61. The van der Waals surface area contributed by atoms with Gasteiger partial charge in [-0.3, -0.25) is 4.21 Å². The van der Waals surface area contributed by atoms with E-state index >= 15 is 0 Å². The predicted molar refractivity (Wildman–Crippen MR) is 84.1 cm³/mol. The monoisotopic (exact) mass is 299 g/mol. The van der Waals surface area contributed by atoms with Gasteiger partial charge in [-0.1, -0.05) is 13.0 Å². The first-order chi connectivity index (χ1) is 9.53. The number of hydrogen-bond donors (Lipinski definition) is 1. The maximum Gasteiger partial charge on any atom is 0.161 e. The van der Waals surface area contributed by atoms with Gasteiger partial charge in [0.2, 0.25) is 0 Å². The Labute approximate surface area is 124 Å². The van der Waals surface area contributed by atoms with Crippen LogP contribution in [0.15, 0.2) is 18.2 Å². The molecule has 20 heavy (non-hydrogen) atoms. The molecule has 0 aromatic heterocycles. The molecule has 0 aliphatic carbocycles. The molecular formula is C15H25NO3S. The Balaban J connectivity index is 2.81. The van der Waals surface area contributed by atoms with Crippen LogP contribution in [0, 0.1) is 0 Å². The zero-order chi connectivity index (χ0) is 15.1. The number of nitrogens with one attached hydrogen (secondary N) is 1. The smallest absolute Gasteiger partial charge is 0.161 e. The van der Waals surface area contributed by atoms with Gasteiger partial charge in [-0.2, -0.15) is 0 Å². The molecule has 0 aliphatic heterocycles. The van der Waals surface area contributed by atoms with Gasteiger partial charge in [-0.15, -0.1) is 0 Å². The van der Waals surface area contributed by atoms with Crippen molar-refractivity contribution >= 4 is 10.8 Å². The molecule has 4 nitrogen and oxygen atoms in total. The van der Waals surface area contributed by atoms with Crippen molar-refractivity contribution in [3.8, 4) is 11.5 Å². The van der Waals surface area contributed by atoms with Gasteiger partial charge in [-0.25, -0.2) is 0 Å². The Morgan fingerprint density at radius 2 is 1.90 bits per heavy atom. The van der Waals surface area contributed by atoms with Crippen molar-refractivity contribution in [2.45, 2.75) is 31.6 Å². The lowest BCUT2D eigenvalue weighted by atomic mass is 10.0. The van der Waals surface area contributed by atoms with Crippen LogP contribution in [0.4, 0.5) is 0 Å². The van der Waals surface area contributed by atoms with E-state index in [1.807, 2.05) is 25.1 Å². The summed E-state index contributed by atoms with van der Waals surface area (Å²) in [6, 6.07) is 6.17. The molecule has 0 saturated carbocycles. The number of ether oxygens (including phenoxy) is 2. The molecule has 1 aromatic carbocycles. The molecule has 0 saturated heterocycles. The number of hydrogen-bond acceptors (Lipinski definition) is 4. The second kappa shape index (κ2) is 8.27. The summed E-state index contributed by atoms with van der Waals surface area (Å²) in [6.07, 6.45) is 2.70. The van der Waals surface area contributed by atoms with Crippen LogP contribution in [0.1, 0.15) is 31.9 Å². The third kappa shape index (κ3) is 4.49. The predicted octanol–water partition coefficient (Wildman–Crippen LogP) is 2.51. The Hall–Kier alpha value is -1.07. The SMILES string of the molecule is CCC(NCC(C)S(C)=O)c1ccc(OC)c(OC)c1. The van der Waals surface area contributed by atoms with Crippen LogP contribution in [0.5, 0.6) is 11.5 Å². The van der Waals surface area contributed by atoms with Crippen molar-refractivity contribution in [2.75, 3.05) is 27.0 Å². The standard InChI is InChI=1S/C15H25NO3S/c1-6-13(16-10-11(2)20(5)17)12-7-8-14(18-3)15(9-12)19-4/h7-9,11,13,16H,6,10H2,1-5H3. The lowest BCUT2D eigenvalue weighted by molar-refractivity contribution is 0.353. The molecule has 0 fully saturated rings. The summed E-state index contributed by atoms with van der Waals surface area (Å²) >= 11 is 0. The zero-order valence-electron chi connectivity index (χ0n) is 12.9. The molecule has 0 heterocycles. The second-order valence-corrected chi connectivity index (χ2v) is 6.59. The summed E-state index contributed by atoms with van der Waals surface area (Å²) in [5.41, 5.74) is 1.15. The first kappa shape index (κ1) is 17.0. The van der Waals surface area contributed by atoms with Gasteiger partial charge in [0.25, 0.3) is 0 Å². The second-order valence-electron chi connectivity index (χ2n) is 4.79. The molecule has 0 spiro atoms. The number of benzene rings is 1. The minimum Gasteiger partial charge on any atom is -0.493 e. The molecule has 0 radical (unpaired) electrons. The van der Waals surface area contributed by atoms with Crippen molar-refractivity contribution in [3.05, 3.63) is 23.8 Å². The molecular weight excluding hydrogens is 274 g/mol. The first-order valence-electron chi connectivity index (χ1n) is 6.81. The van der Waals surface area contributed by atoms with Crippen molar-refractivity contribution in [3.63, 3.8) is 0 Å². The summed E-state index contributed by atoms with van der Waals surface area (Å²) in [6.45, 7) is 4.85. The van der Waals surface area contributed by atoms with E-state index in [1.165, 1.54) is 0 Å². The Bertz CT molecular complexity index is 451. The van der Waals surface area contributed by atoms with Crippen LogP contribution in [0.2, 0.25) is 0 Å². The third-order valence-electron chi connectivity index (χ3n) is 3.44. The fraction of sp³-hybridized carbons (Fsp3) is 0.600. The van der Waals surface area contributed by atoms with Gasteiger partial charge in [0.05, 0.1) is 14.2 Å². The largest absolute Gasteiger partial charge is 0.493 e. The van der Waals surface area contributed by atoms with Gasteiger partial charge in [0.15, 0.2) is 11.5 Å². The van der Waals surface area contributed by atoms with Gasteiger partial charge in [0.1, 0.15) is 0 Å². The van der Waals surface area contributed by atoms with Crippen LogP contribution in [-0.2, 0) is 10.8 Å². The average molecular weight is 299 g/mol. The fourth-order valence-corrected chi connectivity index (χ4v) is 2.32. The van der Waals surface area contributed by atoms with Crippen LogP contribution >= 0.6 is 0 Å². The molecule has 3 atom stereocenters. The third-order valence-corrected chi connectivity index (χ3v) is 4.74. The minimum absolute atomic E-state index is 0.143. The van der Waals surface area contributed by atoms with Crippen LogP contribution in [0.25, 0.3) is 0 Å². The van der Waals surface area contributed by atoms with E-state index in [0.29, 0.717) is 0 Å². The quantitative estimate of drug-likeness (QED) is 0.801.